The van der Waals surface area contributed by atoms with Crippen LogP contribution in [0.1, 0.15) is 24.0 Å². The second kappa shape index (κ2) is 8.13. The van der Waals surface area contributed by atoms with E-state index in [0.717, 1.165) is 45.0 Å². The van der Waals surface area contributed by atoms with Crippen LogP contribution in [0.3, 0.4) is 0 Å². The molecule has 0 saturated carbocycles. The second-order valence-corrected chi connectivity index (χ2v) is 7.86. The highest BCUT2D eigenvalue weighted by molar-refractivity contribution is 5.89. The van der Waals surface area contributed by atoms with Crippen LogP contribution >= 0.6 is 0 Å². The van der Waals surface area contributed by atoms with Gasteiger partial charge in [-0.2, -0.15) is 0 Å². The van der Waals surface area contributed by atoms with Crippen molar-refractivity contribution in [3.05, 3.63) is 53.6 Å². The number of carbonyl (C=O) groups is 1. The first kappa shape index (κ1) is 18.7. The molecule has 2 aliphatic rings. The van der Waals surface area contributed by atoms with Crippen LogP contribution in [0.2, 0.25) is 0 Å². The van der Waals surface area contributed by atoms with Gasteiger partial charge in [0.15, 0.2) is 0 Å². The SMILES string of the molecule is Cc1cccc(N2CCN(C(=O)Nc3ccc(N4CCCC4)cc3)CC2)c1C. The summed E-state index contributed by atoms with van der Waals surface area (Å²) in [6, 6.07) is 14.7. The fraction of sp³-hybridized carbons (Fsp3) is 0.435. The van der Waals surface area contributed by atoms with Crippen molar-refractivity contribution in [2.45, 2.75) is 26.7 Å². The molecule has 5 heteroatoms. The Morgan fingerprint density at radius 2 is 1.50 bits per heavy atom. The average Bonchev–Trinajstić information content (AvgIpc) is 3.26. The first-order chi connectivity index (χ1) is 13.6. The molecule has 1 N–H and O–H groups in total. The molecule has 5 nitrogen and oxygen atoms in total. The van der Waals surface area contributed by atoms with Crippen LogP contribution in [-0.4, -0.2) is 50.2 Å². The van der Waals surface area contributed by atoms with Gasteiger partial charge in [0.2, 0.25) is 0 Å². The minimum Gasteiger partial charge on any atom is -0.372 e. The van der Waals surface area contributed by atoms with Gasteiger partial charge in [-0.15, -0.1) is 0 Å². The monoisotopic (exact) mass is 378 g/mol. The highest BCUT2D eigenvalue weighted by atomic mass is 16.2. The number of amides is 2. The third-order valence-corrected chi connectivity index (χ3v) is 6.07. The van der Waals surface area contributed by atoms with Crippen molar-refractivity contribution in [1.82, 2.24) is 4.90 Å². The molecule has 2 amide bonds. The normalized spacial score (nSPS) is 17.1. The Morgan fingerprint density at radius 3 is 2.18 bits per heavy atom. The summed E-state index contributed by atoms with van der Waals surface area (Å²) in [7, 11) is 0. The number of hydrogen-bond donors (Lipinski definition) is 1. The maximum absolute atomic E-state index is 12.7. The highest BCUT2D eigenvalue weighted by Crippen LogP contribution is 2.25. The summed E-state index contributed by atoms with van der Waals surface area (Å²) < 4.78 is 0. The van der Waals surface area contributed by atoms with Gasteiger partial charge in [0.25, 0.3) is 0 Å². The number of carbonyl (C=O) groups excluding carboxylic acids is 1. The van der Waals surface area contributed by atoms with Gasteiger partial charge in [-0.1, -0.05) is 12.1 Å². The quantitative estimate of drug-likeness (QED) is 0.867. The number of rotatable bonds is 3. The molecule has 0 aliphatic carbocycles. The first-order valence-electron chi connectivity index (χ1n) is 10.3. The molecule has 2 saturated heterocycles. The fourth-order valence-electron chi connectivity index (χ4n) is 4.16. The largest absolute Gasteiger partial charge is 0.372 e. The Balaban J connectivity index is 1.32. The highest BCUT2D eigenvalue weighted by Gasteiger charge is 2.22. The molecular weight excluding hydrogens is 348 g/mol. The van der Waals surface area contributed by atoms with Crippen molar-refractivity contribution in [1.29, 1.82) is 0 Å². The summed E-state index contributed by atoms with van der Waals surface area (Å²) in [5, 5.41) is 3.05. The molecule has 28 heavy (non-hydrogen) atoms. The number of nitrogens with one attached hydrogen (secondary N) is 1. The lowest BCUT2D eigenvalue weighted by Gasteiger charge is -2.37. The molecular formula is C23H30N4O. The zero-order valence-electron chi connectivity index (χ0n) is 16.9. The third-order valence-electron chi connectivity index (χ3n) is 6.07. The third kappa shape index (κ3) is 3.93. The van der Waals surface area contributed by atoms with E-state index in [1.54, 1.807) is 0 Å². The van der Waals surface area contributed by atoms with E-state index in [4.69, 9.17) is 0 Å². The minimum absolute atomic E-state index is 0.00506. The molecule has 2 fully saturated rings. The summed E-state index contributed by atoms with van der Waals surface area (Å²) in [5.41, 5.74) is 6.05. The molecule has 2 aromatic carbocycles. The Bertz CT molecular complexity index is 819. The number of anilines is 3. The Hall–Kier alpha value is -2.69. The fourth-order valence-corrected chi connectivity index (χ4v) is 4.16. The number of nitrogens with zero attached hydrogens (tertiary/aromatic N) is 3. The van der Waals surface area contributed by atoms with Gasteiger partial charge in [-0.05, 0) is 68.1 Å². The summed E-state index contributed by atoms with van der Waals surface area (Å²) in [4.78, 5) is 19.4. The molecule has 0 aromatic heterocycles. The van der Waals surface area contributed by atoms with Crippen molar-refractivity contribution in [3.8, 4) is 0 Å². The van der Waals surface area contributed by atoms with Crippen molar-refractivity contribution in [2.24, 2.45) is 0 Å². The van der Waals surface area contributed by atoms with Crippen LogP contribution in [-0.2, 0) is 0 Å². The van der Waals surface area contributed by atoms with E-state index in [-0.39, 0.29) is 6.03 Å². The summed E-state index contributed by atoms with van der Waals surface area (Å²) in [6.07, 6.45) is 2.54. The van der Waals surface area contributed by atoms with Crippen LogP contribution in [0.4, 0.5) is 21.9 Å². The molecule has 148 valence electrons. The van der Waals surface area contributed by atoms with E-state index in [2.05, 4.69) is 59.3 Å². The molecule has 0 radical (unpaired) electrons. The van der Waals surface area contributed by atoms with E-state index < -0.39 is 0 Å². The predicted molar refractivity (Wildman–Crippen MR) is 117 cm³/mol. The van der Waals surface area contributed by atoms with Crippen molar-refractivity contribution in [3.63, 3.8) is 0 Å². The number of benzene rings is 2. The van der Waals surface area contributed by atoms with Gasteiger partial charge in [0.1, 0.15) is 0 Å². The Kier molecular flexibility index (Phi) is 5.42. The van der Waals surface area contributed by atoms with Gasteiger partial charge >= 0.3 is 6.03 Å². The van der Waals surface area contributed by atoms with Gasteiger partial charge in [0.05, 0.1) is 0 Å². The van der Waals surface area contributed by atoms with E-state index >= 15 is 0 Å². The van der Waals surface area contributed by atoms with Crippen molar-refractivity contribution < 1.29 is 4.79 Å². The Labute approximate surface area is 167 Å². The standard InChI is InChI=1S/C23H30N4O/c1-18-6-5-7-22(19(18)2)26-14-16-27(17-15-26)23(28)24-20-8-10-21(11-9-20)25-12-3-4-13-25/h5-11H,3-4,12-17H2,1-2H3,(H,24,28). The van der Waals surface area contributed by atoms with Crippen LogP contribution in [0, 0.1) is 13.8 Å². The van der Waals surface area contributed by atoms with Crippen molar-refractivity contribution in [2.75, 3.05) is 54.4 Å². The number of urea groups is 1. The zero-order valence-corrected chi connectivity index (χ0v) is 16.9. The maximum Gasteiger partial charge on any atom is 0.321 e. The van der Waals surface area contributed by atoms with Gasteiger partial charge in [0, 0.05) is 56.3 Å². The van der Waals surface area contributed by atoms with Crippen LogP contribution < -0.4 is 15.1 Å². The van der Waals surface area contributed by atoms with Gasteiger partial charge < -0.3 is 20.0 Å². The smallest absolute Gasteiger partial charge is 0.321 e. The summed E-state index contributed by atoms with van der Waals surface area (Å²) in [6.45, 7) is 9.81. The number of piperazine rings is 1. The lowest BCUT2D eigenvalue weighted by Crippen LogP contribution is -2.50. The predicted octanol–water partition coefficient (Wildman–Crippen LogP) is 4.26. The summed E-state index contributed by atoms with van der Waals surface area (Å²) in [5.74, 6) is 0. The lowest BCUT2D eigenvalue weighted by molar-refractivity contribution is 0.208. The van der Waals surface area contributed by atoms with Gasteiger partial charge in [-0.3, -0.25) is 0 Å². The van der Waals surface area contributed by atoms with E-state index in [0.29, 0.717) is 0 Å². The van der Waals surface area contributed by atoms with Crippen LogP contribution in [0.5, 0.6) is 0 Å². The Morgan fingerprint density at radius 1 is 0.821 bits per heavy atom. The lowest BCUT2D eigenvalue weighted by atomic mass is 10.1. The molecule has 4 rings (SSSR count). The van der Waals surface area contributed by atoms with Crippen LogP contribution in [0.25, 0.3) is 0 Å². The topological polar surface area (TPSA) is 38.8 Å². The molecule has 2 aromatic rings. The second-order valence-electron chi connectivity index (χ2n) is 7.86. The minimum atomic E-state index is -0.00506. The number of aryl methyl sites for hydroxylation is 1. The molecule has 2 heterocycles. The van der Waals surface area contributed by atoms with E-state index in [9.17, 15) is 4.79 Å². The molecule has 0 spiro atoms. The maximum atomic E-state index is 12.7. The molecule has 2 aliphatic heterocycles. The molecule has 0 unspecified atom stereocenters. The average molecular weight is 379 g/mol. The first-order valence-corrected chi connectivity index (χ1v) is 10.3. The zero-order chi connectivity index (χ0) is 19.5. The molecule has 0 bridgehead atoms. The van der Waals surface area contributed by atoms with Crippen molar-refractivity contribution >= 4 is 23.1 Å². The van der Waals surface area contributed by atoms with Gasteiger partial charge in [-0.25, -0.2) is 4.79 Å². The molecule has 0 atom stereocenters. The van der Waals surface area contributed by atoms with E-state index in [1.165, 1.54) is 35.3 Å². The van der Waals surface area contributed by atoms with Crippen LogP contribution in [0.15, 0.2) is 42.5 Å². The summed E-state index contributed by atoms with van der Waals surface area (Å²) >= 11 is 0. The number of hydrogen-bond acceptors (Lipinski definition) is 3. The van der Waals surface area contributed by atoms with E-state index in [1.807, 2.05) is 17.0 Å².